The third kappa shape index (κ3) is 1.78. The van der Waals surface area contributed by atoms with E-state index in [0.717, 1.165) is 12.1 Å². The molecule has 4 nitrogen and oxygen atoms in total. The zero-order valence-corrected chi connectivity index (χ0v) is 8.92. The molecule has 0 saturated carbocycles. The number of halogens is 2. The van der Waals surface area contributed by atoms with Crippen LogP contribution >= 0.6 is 12.6 Å². The van der Waals surface area contributed by atoms with Crippen molar-refractivity contribution in [1.29, 1.82) is 0 Å². The van der Waals surface area contributed by atoms with Gasteiger partial charge in [0.2, 0.25) is 10.9 Å². The fourth-order valence-corrected chi connectivity index (χ4v) is 1.49. The van der Waals surface area contributed by atoms with Gasteiger partial charge in [0.25, 0.3) is 0 Å². The average molecular weight is 258 g/mol. The molecular weight excluding hydrogens is 254 g/mol. The van der Waals surface area contributed by atoms with Gasteiger partial charge in [0.1, 0.15) is 5.56 Å². The molecule has 2 rings (SSSR count). The van der Waals surface area contributed by atoms with E-state index >= 15 is 0 Å². The van der Waals surface area contributed by atoms with Gasteiger partial charge in [-0.05, 0) is 12.1 Å². The molecule has 0 fully saturated rings. The maximum atomic E-state index is 13.3. The van der Waals surface area contributed by atoms with Crippen LogP contribution in [0.5, 0.6) is 5.75 Å². The molecule has 88 valence electrons. The summed E-state index contributed by atoms with van der Waals surface area (Å²) in [5.74, 6) is -3.86. The third-order valence-electron chi connectivity index (χ3n) is 2.12. The Morgan fingerprint density at radius 2 is 2.00 bits per heavy atom. The van der Waals surface area contributed by atoms with E-state index in [9.17, 15) is 18.4 Å². The first kappa shape index (κ1) is 11.6. The molecule has 0 amide bonds. The van der Waals surface area contributed by atoms with Crippen molar-refractivity contribution in [2.45, 2.75) is 0 Å². The zero-order chi connectivity index (χ0) is 12.7. The second kappa shape index (κ2) is 3.85. The summed E-state index contributed by atoms with van der Waals surface area (Å²) in [4.78, 5) is 22.2. The highest BCUT2D eigenvalue weighted by molar-refractivity contribution is 7.97. The number of hydrogen-bond donors (Lipinski definition) is 2. The molecule has 0 radical (unpaired) electrons. The third-order valence-corrected chi connectivity index (χ3v) is 2.36. The topological polar surface area (TPSA) is 67.5 Å². The van der Waals surface area contributed by atoms with Crippen LogP contribution in [0.3, 0.4) is 0 Å². The van der Waals surface area contributed by atoms with Crippen LogP contribution in [0.2, 0.25) is 0 Å². The molecule has 17 heavy (non-hydrogen) atoms. The summed E-state index contributed by atoms with van der Waals surface area (Å²) in [6.45, 7) is 0. The van der Waals surface area contributed by atoms with E-state index in [1.807, 2.05) is 0 Å². The first-order valence-electron chi connectivity index (χ1n) is 4.30. The zero-order valence-electron chi connectivity index (χ0n) is 8.03. The summed E-state index contributed by atoms with van der Waals surface area (Å²) in [6, 6.07) is 1.69. The standard InChI is InChI=1S/C10H4F2O4S/c11-5-2-3-1-4(10(15)17)9(14)16-8(3)6(12)7(5)13/h1-2,13H,(H,15,17). The lowest BCUT2D eigenvalue weighted by atomic mass is 10.1. The van der Waals surface area contributed by atoms with Crippen LogP contribution in [0.4, 0.5) is 8.78 Å². The molecule has 2 aromatic rings. The molecule has 1 heterocycles. The first-order valence-corrected chi connectivity index (χ1v) is 4.74. The minimum absolute atomic E-state index is 0.158. The van der Waals surface area contributed by atoms with E-state index in [0.29, 0.717) is 0 Å². The van der Waals surface area contributed by atoms with Crippen molar-refractivity contribution in [1.82, 2.24) is 0 Å². The Balaban J connectivity index is 2.94. The lowest BCUT2D eigenvalue weighted by Gasteiger charge is -2.02. The number of aromatic hydroxyl groups is 1. The van der Waals surface area contributed by atoms with Crippen molar-refractivity contribution >= 4 is 28.7 Å². The van der Waals surface area contributed by atoms with Gasteiger partial charge in [-0.15, -0.1) is 12.6 Å². The molecular formula is C10H4F2O4S. The number of rotatable bonds is 1. The predicted octanol–water partition coefficient (Wildman–Crippen LogP) is 1.85. The normalized spacial score (nSPS) is 10.8. The van der Waals surface area contributed by atoms with Crippen LogP contribution in [-0.4, -0.2) is 10.2 Å². The van der Waals surface area contributed by atoms with E-state index in [1.54, 1.807) is 0 Å². The summed E-state index contributed by atoms with van der Waals surface area (Å²) < 4.78 is 30.9. The van der Waals surface area contributed by atoms with Gasteiger partial charge < -0.3 is 9.52 Å². The lowest BCUT2D eigenvalue weighted by Crippen LogP contribution is -2.10. The summed E-state index contributed by atoms with van der Waals surface area (Å²) in [5.41, 5.74) is -2.17. The summed E-state index contributed by atoms with van der Waals surface area (Å²) in [7, 11) is 0. The SMILES string of the molecule is O=C(S)c1cc2cc(F)c(O)c(F)c2oc1=O. The summed E-state index contributed by atoms with van der Waals surface area (Å²) in [6.07, 6.45) is 0. The second-order valence-corrected chi connectivity index (χ2v) is 3.60. The Morgan fingerprint density at radius 1 is 1.35 bits per heavy atom. The van der Waals surface area contributed by atoms with Crippen LogP contribution in [0.25, 0.3) is 11.0 Å². The van der Waals surface area contributed by atoms with Crippen molar-refractivity contribution in [2.75, 3.05) is 0 Å². The molecule has 1 aromatic carbocycles. The fourth-order valence-electron chi connectivity index (χ4n) is 1.33. The number of carbonyl (C=O) groups excluding carboxylic acids is 1. The smallest absolute Gasteiger partial charge is 0.348 e. The van der Waals surface area contributed by atoms with E-state index in [1.165, 1.54) is 0 Å². The number of fused-ring (bicyclic) bond motifs is 1. The highest BCUT2D eigenvalue weighted by Crippen LogP contribution is 2.28. The second-order valence-electron chi connectivity index (χ2n) is 3.19. The van der Waals surface area contributed by atoms with E-state index in [4.69, 9.17) is 5.11 Å². The van der Waals surface area contributed by atoms with Gasteiger partial charge in [0.15, 0.2) is 17.1 Å². The summed E-state index contributed by atoms with van der Waals surface area (Å²) >= 11 is 3.42. The van der Waals surface area contributed by atoms with E-state index in [2.05, 4.69) is 17.0 Å². The minimum Gasteiger partial charge on any atom is -0.503 e. The highest BCUT2D eigenvalue weighted by Gasteiger charge is 2.18. The quantitative estimate of drug-likeness (QED) is 0.605. The maximum Gasteiger partial charge on any atom is 0.348 e. The van der Waals surface area contributed by atoms with Crippen LogP contribution in [0.15, 0.2) is 21.3 Å². The van der Waals surface area contributed by atoms with Crippen molar-refractivity contribution < 1.29 is 23.1 Å². The highest BCUT2D eigenvalue weighted by atomic mass is 32.1. The molecule has 0 unspecified atom stereocenters. The van der Waals surface area contributed by atoms with E-state index < -0.39 is 39.3 Å². The predicted molar refractivity (Wildman–Crippen MR) is 57.4 cm³/mol. The number of hydrogen-bond acceptors (Lipinski definition) is 4. The molecule has 1 aromatic heterocycles. The largest absolute Gasteiger partial charge is 0.503 e. The Labute approximate surface area is 97.9 Å². The molecule has 0 atom stereocenters. The van der Waals surface area contributed by atoms with Crippen molar-refractivity contribution in [3.05, 3.63) is 39.8 Å². The number of phenols is 1. The molecule has 0 bridgehead atoms. The van der Waals surface area contributed by atoms with Gasteiger partial charge in [-0.25, -0.2) is 9.18 Å². The lowest BCUT2D eigenvalue weighted by molar-refractivity contribution is 0.108. The maximum absolute atomic E-state index is 13.3. The first-order chi connectivity index (χ1) is 7.91. The molecule has 1 N–H and O–H groups in total. The fraction of sp³-hybridized carbons (Fsp3) is 0. The average Bonchev–Trinajstić information content (AvgIpc) is 2.26. The van der Waals surface area contributed by atoms with Gasteiger partial charge in [-0.1, -0.05) is 0 Å². The van der Waals surface area contributed by atoms with Gasteiger partial charge >= 0.3 is 5.63 Å². The minimum atomic E-state index is -1.39. The molecule has 0 aliphatic rings. The Hall–Kier alpha value is -1.89. The van der Waals surface area contributed by atoms with Crippen molar-refractivity contribution in [3.8, 4) is 5.75 Å². The molecule has 0 aliphatic carbocycles. The Kier molecular flexibility index (Phi) is 2.62. The number of benzene rings is 1. The number of phenolic OH excluding ortho intramolecular Hbond substituents is 1. The number of carbonyl (C=O) groups is 1. The van der Waals surface area contributed by atoms with Crippen molar-refractivity contribution in [3.63, 3.8) is 0 Å². The molecule has 7 heteroatoms. The van der Waals surface area contributed by atoms with Crippen LogP contribution in [-0.2, 0) is 0 Å². The monoisotopic (exact) mass is 258 g/mol. The van der Waals surface area contributed by atoms with Gasteiger partial charge in [-0.2, -0.15) is 4.39 Å². The van der Waals surface area contributed by atoms with E-state index in [-0.39, 0.29) is 5.39 Å². The van der Waals surface area contributed by atoms with Crippen molar-refractivity contribution in [2.24, 2.45) is 0 Å². The van der Waals surface area contributed by atoms with Gasteiger partial charge in [-0.3, -0.25) is 4.79 Å². The number of thiol groups is 1. The Morgan fingerprint density at radius 3 is 2.59 bits per heavy atom. The molecule has 0 spiro atoms. The van der Waals surface area contributed by atoms with Crippen LogP contribution < -0.4 is 5.63 Å². The molecule has 0 saturated heterocycles. The van der Waals surface area contributed by atoms with Crippen LogP contribution in [0.1, 0.15) is 10.4 Å². The Bertz CT molecular complexity index is 693. The molecule has 0 aliphatic heterocycles. The summed E-state index contributed by atoms with van der Waals surface area (Å²) in [5, 5.41) is 7.94. The van der Waals surface area contributed by atoms with Crippen LogP contribution in [0, 0.1) is 11.6 Å². The van der Waals surface area contributed by atoms with Gasteiger partial charge in [0.05, 0.1) is 0 Å². The van der Waals surface area contributed by atoms with Gasteiger partial charge in [0, 0.05) is 5.39 Å².